The van der Waals surface area contributed by atoms with Crippen LogP contribution in [-0.4, -0.2) is 28.7 Å². The molecule has 0 aromatic heterocycles. The topological polar surface area (TPSA) is 57.5 Å². The van der Waals surface area contributed by atoms with Crippen molar-refractivity contribution in [3.63, 3.8) is 0 Å². The molecule has 1 atom stereocenters. The number of hydrogen-bond acceptors (Lipinski definition) is 3. The van der Waals surface area contributed by atoms with E-state index in [4.69, 9.17) is 10.2 Å². The van der Waals surface area contributed by atoms with Gasteiger partial charge in [0.15, 0.2) is 5.78 Å². The average Bonchev–Trinajstić information content (AvgIpc) is 2.18. The van der Waals surface area contributed by atoms with Gasteiger partial charge in [-0.2, -0.15) is 0 Å². The van der Waals surface area contributed by atoms with Gasteiger partial charge in [-0.05, 0) is 5.56 Å². The summed E-state index contributed by atoms with van der Waals surface area (Å²) in [4.78, 5) is 11.1. The lowest BCUT2D eigenvalue weighted by molar-refractivity contribution is -0.128. The van der Waals surface area contributed by atoms with Crippen LogP contribution in [0.15, 0.2) is 30.3 Å². The Labute approximate surface area is 76.6 Å². The minimum absolute atomic E-state index is 0.169. The molecule has 0 saturated carbocycles. The highest BCUT2D eigenvalue weighted by Crippen LogP contribution is 2.01. The van der Waals surface area contributed by atoms with Crippen molar-refractivity contribution in [2.75, 3.05) is 6.61 Å². The van der Waals surface area contributed by atoms with Crippen molar-refractivity contribution in [3.05, 3.63) is 35.9 Å². The largest absolute Gasteiger partial charge is 0.393 e. The molecule has 0 spiro atoms. The SMILES string of the molecule is O=C(Cc1ccccc1)[C@H](O)CO. The van der Waals surface area contributed by atoms with Gasteiger partial charge in [0.05, 0.1) is 6.61 Å². The second-order valence-electron chi connectivity index (χ2n) is 2.83. The third kappa shape index (κ3) is 2.97. The first kappa shape index (κ1) is 9.89. The molecule has 3 heteroatoms. The van der Waals surface area contributed by atoms with E-state index in [1.807, 2.05) is 30.3 Å². The molecule has 0 saturated heterocycles. The molecule has 3 nitrogen and oxygen atoms in total. The van der Waals surface area contributed by atoms with Crippen LogP contribution in [0.5, 0.6) is 0 Å². The average molecular weight is 180 g/mol. The number of hydrogen-bond donors (Lipinski definition) is 2. The highest BCUT2D eigenvalue weighted by atomic mass is 16.3. The minimum atomic E-state index is -1.25. The van der Waals surface area contributed by atoms with Crippen molar-refractivity contribution in [2.45, 2.75) is 12.5 Å². The summed E-state index contributed by atoms with van der Waals surface area (Å²) in [6, 6.07) is 9.13. The quantitative estimate of drug-likeness (QED) is 0.693. The second-order valence-corrected chi connectivity index (χ2v) is 2.83. The van der Waals surface area contributed by atoms with E-state index in [9.17, 15) is 4.79 Å². The molecule has 13 heavy (non-hydrogen) atoms. The summed E-state index contributed by atoms with van der Waals surface area (Å²) in [7, 11) is 0. The molecule has 0 radical (unpaired) electrons. The predicted molar refractivity (Wildman–Crippen MR) is 48.2 cm³/mol. The summed E-state index contributed by atoms with van der Waals surface area (Å²) in [5, 5.41) is 17.5. The first-order valence-corrected chi connectivity index (χ1v) is 4.09. The van der Waals surface area contributed by atoms with E-state index in [1.54, 1.807) is 0 Å². The van der Waals surface area contributed by atoms with Gasteiger partial charge in [0.25, 0.3) is 0 Å². The molecule has 70 valence electrons. The van der Waals surface area contributed by atoms with Crippen LogP contribution >= 0.6 is 0 Å². The van der Waals surface area contributed by atoms with Gasteiger partial charge in [0.1, 0.15) is 6.10 Å². The van der Waals surface area contributed by atoms with E-state index in [1.165, 1.54) is 0 Å². The van der Waals surface area contributed by atoms with Crippen molar-refractivity contribution < 1.29 is 15.0 Å². The van der Waals surface area contributed by atoms with Gasteiger partial charge in [-0.25, -0.2) is 0 Å². The lowest BCUT2D eigenvalue weighted by atomic mass is 10.1. The van der Waals surface area contributed by atoms with E-state index in [0.29, 0.717) is 0 Å². The van der Waals surface area contributed by atoms with Crippen molar-refractivity contribution in [2.24, 2.45) is 0 Å². The van der Waals surface area contributed by atoms with Crippen LogP contribution in [-0.2, 0) is 11.2 Å². The molecular formula is C10H12O3. The Morgan fingerprint density at radius 3 is 2.46 bits per heavy atom. The van der Waals surface area contributed by atoms with Gasteiger partial charge in [-0.1, -0.05) is 30.3 Å². The second kappa shape index (κ2) is 4.74. The lowest BCUT2D eigenvalue weighted by Crippen LogP contribution is -2.25. The number of rotatable bonds is 4. The van der Waals surface area contributed by atoms with Crippen LogP contribution in [0.4, 0.5) is 0 Å². The number of benzene rings is 1. The summed E-state index contributed by atoms with van der Waals surface area (Å²) < 4.78 is 0. The van der Waals surface area contributed by atoms with Crippen molar-refractivity contribution in [1.82, 2.24) is 0 Å². The normalized spacial score (nSPS) is 12.5. The standard InChI is InChI=1S/C10H12O3/c11-7-10(13)9(12)6-8-4-2-1-3-5-8/h1-5,10-11,13H,6-7H2/t10-/m1/s1. The number of aliphatic hydroxyl groups excluding tert-OH is 2. The highest BCUT2D eigenvalue weighted by Gasteiger charge is 2.13. The summed E-state index contributed by atoms with van der Waals surface area (Å²) >= 11 is 0. The van der Waals surface area contributed by atoms with E-state index >= 15 is 0 Å². The van der Waals surface area contributed by atoms with Gasteiger partial charge >= 0.3 is 0 Å². The molecule has 1 aromatic carbocycles. The summed E-state index contributed by atoms with van der Waals surface area (Å²) in [5.74, 6) is -0.353. The van der Waals surface area contributed by atoms with E-state index in [0.717, 1.165) is 5.56 Å². The van der Waals surface area contributed by atoms with Crippen molar-refractivity contribution in [3.8, 4) is 0 Å². The number of carbonyl (C=O) groups is 1. The highest BCUT2D eigenvalue weighted by molar-refractivity contribution is 5.85. The third-order valence-corrected chi connectivity index (χ3v) is 1.77. The fourth-order valence-electron chi connectivity index (χ4n) is 1.02. The van der Waals surface area contributed by atoms with Crippen LogP contribution in [0, 0.1) is 0 Å². The molecule has 0 aliphatic heterocycles. The van der Waals surface area contributed by atoms with Crippen LogP contribution in [0.25, 0.3) is 0 Å². The van der Waals surface area contributed by atoms with Crippen LogP contribution in [0.3, 0.4) is 0 Å². The smallest absolute Gasteiger partial charge is 0.167 e. The Hall–Kier alpha value is -1.19. The molecule has 1 aromatic rings. The van der Waals surface area contributed by atoms with Gasteiger partial charge < -0.3 is 10.2 Å². The maximum absolute atomic E-state index is 11.1. The molecule has 0 amide bonds. The Morgan fingerprint density at radius 2 is 1.92 bits per heavy atom. The Balaban J connectivity index is 2.55. The first-order valence-electron chi connectivity index (χ1n) is 4.09. The maximum Gasteiger partial charge on any atom is 0.167 e. The zero-order valence-electron chi connectivity index (χ0n) is 7.18. The van der Waals surface area contributed by atoms with Gasteiger partial charge in [-0.3, -0.25) is 4.79 Å². The van der Waals surface area contributed by atoms with Crippen LogP contribution in [0.2, 0.25) is 0 Å². The summed E-state index contributed by atoms with van der Waals surface area (Å²) in [6.45, 7) is -0.508. The fraction of sp³-hybridized carbons (Fsp3) is 0.300. The fourth-order valence-corrected chi connectivity index (χ4v) is 1.02. The Kier molecular flexibility index (Phi) is 3.61. The zero-order valence-corrected chi connectivity index (χ0v) is 7.18. The van der Waals surface area contributed by atoms with Crippen molar-refractivity contribution in [1.29, 1.82) is 0 Å². The Bertz CT molecular complexity index is 269. The molecular weight excluding hydrogens is 168 g/mol. The number of ketones is 1. The third-order valence-electron chi connectivity index (χ3n) is 1.77. The number of aliphatic hydroxyl groups is 2. The first-order chi connectivity index (χ1) is 6.24. The number of Topliss-reactive ketones (excluding diaryl/α,β-unsaturated/α-hetero) is 1. The van der Waals surface area contributed by atoms with Crippen LogP contribution in [0.1, 0.15) is 5.56 Å². The number of carbonyl (C=O) groups excluding carboxylic acids is 1. The van der Waals surface area contributed by atoms with E-state index in [-0.39, 0.29) is 12.2 Å². The molecule has 1 rings (SSSR count). The molecule has 0 bridgehead atoms. The predicted octanol–water partition coefficient (Wildman–Crippen LogP) is 0.151. The van der Waals surface area contributed by atoms with E-state index < -0.39 is 12.7 Å². The summed E-state index contributed by atoms with van der Waals surface area (Å²) in [5.41, 5.74) is 0.847. The lowest BCUT2D eigenvalue weighted by Gasteiger charge is -2.05. The summed E-state index contributed by atoms with van der Waals surface area (Å²) in [6.07, 6.45) is -1.08. The molecule has 0 unspecified atom stereocenters. The molecule has 0 heterocycles. The maximum atomic E-state index is 11.1. The van der Waals surface area contributed by atoms with Gasteiger partial charge in [0.2, 0.25) is 0 Å². The van der Waals surface area contributed by atoms with Crippen molar-refractivity contribution >= 4 is 5.78 Å². The van der Waals surface area contributed by atoms with Gasteiger partial charge in [0, 0.05) is 6.42 Å². The molecule has 2 N–H and O–H groups in total. The Morgan fingerprint density at radius 1 is 1.31 bits per heavy atom. The molecule has 0 aliphatic rings. The van der Waals surface area contributed by atoms with Crippen LogP contribution < -0.4 is 0 Å². The monoisotopic (exact) mass is 180 g/mol. The van der Waals surface area contributed by atoms with E-state index in [2.05, 4.69) is 0 Å². The van der Waals surface area contributed by atoms with Gasteiger partial charge in [-0.15, -0.1) is 0 Å². The molecule has 0 fully saturated rings. The molecule has 0 aliphatic carbocycles. The minimum Gasteiger partial charge on any atom is -0.393 e. The zero-order chi connectivity index (χ0) is 9.68.